The molecule has 6 nitrogen and oxygen atoms in total. The highest BCUT2D eigenvalue weighted by Gasteiger charge is 2.51. The second-order valence-corrected chi connectivity index (χ2v) is 10.7. The maximum Gasteiger partial charge on any atom is 0.238 e. The summed E-state index contributed by atoms with van der Waals surface area (Å²) < 4.78 is 0. The number of piperidine rings is 1. The predicted octanol–water partition coefficient (Wildman–Crippen LogP) is 2.81. The molecule has 1 aromatic carbocycles. The number of nitrogens with zero attached hydrogens (tertiary/aromatic N) is 2. The van der Waals surface area contributed by atoms with Crippen LogP contribution in [0.3, 0.4) is 0 Å². The molecule has 1 saturated carbocycles. The van der Waals surface area contributed by atoms with Gasteiger partial charge < -0.3 is 20.9 Å². The van der Waals surface area contributed by atoms with Gasteiger partial charge >= 0.3 is 0 Å². The predicted molar refractivity (Wildman–Crippen MR) is 132 cm³/mol. The Balaban J connectivity index is 1.49. The van der Waals surface area contributed by atoms with Crippen LogP contribution in [0.1, 0.15) is 57.4 Å². The lowest BCUT2D eigenvalue weighted by atomic mass is 9.69. The number of carbonyl (C=O) groups is 2. The van der Waals surface area contributed by atoms with Gasteiger partial charge in [0.2, 0.25) is 11.8 Å². The molecule has 0 bridgehead atoms. The highest BCUT2D eigenvalue weighted by molar-refractivity contribution is 5.93. The summed E-state index contributed by atoms with van der Waals surface area (Å²) in [7, 11) is 1.77. The van der Waals surface area contributed by atoms with E-state index in [1.807, 2.05) is 6.92 Å². The number of hydrogen-bond acceptors (Lipinski definition) is 4. The summed E-state index contributed by atoms with van der Waals surface area (Å²) in [5, 5.41) is 3.17. The van der Waals surface area contributed by atoms with Crippen molar-refractivity contribution in [2.75, 3.05) is 33.2 Å². The molecule has 4 atom stereocenters. The second-order valence-electron chi connectivity index (χ2n) is 10.7. The van der Waals surface area contributed by atoms with Gasteiger partial charge in [-0.1, -0.05) is 49.6 Å². The van der Waals surface area contributed by atoms with Gasteiger partial charge in [-0.15, -0.1) is 0 Å². The quantitative estimate of drug-likeness (QED) is 0.633. The molecule has 4 rings (SSSR count). The SMILES string of the molecule is CNC(C)(C(N)=O)C(C(=O)N1CCC2CCN(CCc3ccccc3)CC21)C1CCCCC1. The summed E-state index contributed by atoms with van der Waals surface area (Å²) in [5.74, 6) is 0.128. The Morgan fingerprint density at radius 1 is 1.09 bits per heavy atom. The van der Waals surface area contributed by atoms with E-state index in [0.29, 0.717) is 5.92 Å². The van der Waals surface area contributed by atoms with Gasteiger partial charge in [0.1, 0.15) is 5.54 Å². The van der Waals surface area contributed by atoms with Gasteiger partial charge in [-0.25, -0.2) is 0 Å². The number of nitrogens with one attached hydrogen (secondary N) is 1. The Morgan fingerprint density at radius 3 is 2.45 bits per heavy atom. The van der Waals surface area contributed by atoms with Crippen molar-refractivity contribution in [2.24, 2.45) is 23.5 Å². The van der Waals surface area contributed by atoms with E-state index in [9.17, 15) is 9.59 Å². The number of amides is 2. The number of hydrogen-bond donors (Lipinski definition) is 2. The minimum Gasteiger partial charge on any atom is -0.368 e. The summed E-state index contributed by atoms with van der Waals surface area (Å²) in [6.07, 6.45) is 8.76. The monoisotopic (exact) mass is 454 g/mol. The van der Waals surface area contributed by atoms with Crippen LogP contribution in [0, 0.1) is 17.8 Å². The van der Waals surface area contributed by atoms with Crippen molar-refractivity contribution in [1.29, 1.82) is 0 Å². The minimum absolute atomic E-state index is 0.148. The molecule has 3 aliphatic rings. The molecule has 2 saturated heterocycles. The van der Waals surface area contributed by atoms with Crippen molar-refractivity contribution in [2.45, 2.75) is 69.9 Å². The molecule has 182 valence electrons. The van der Waals surface area contributed by atoms with E-state index in [-0.39, 0.29) is 17.9 Å². The Bertz CT molecular complexity index is 810. The van der Waals surface area contributed by atoms with E-state index in [1.54, 1.807) is 7.05 Å². The molecule has 0 radical (unpaired) electrons. The van der Waals surface area contributed by atoms with Crippen LogP contribution < -0.4 is 11.1 Å². The number of likely N-dealkylation sites (tertiary alicyclic amines) is 2. The molecule has 1 aromatic rings. The van der Waals surface area contributed by atoms with E-state index < -0.39 is 17.4 Å². The Kier molecular flexibility index (Phi) is 7.75. The number of likely N-dealkylation sites (N-methyl/N-ethyl adjacent to an activating group) is 1. The van der Waals surface area contributed by atoms with Crippen molar-refractivity contribution in [3.8, 4) is 0 Å². The maximum atomic E-state index is 14.2. The average molecular weight is 455 g/mol. The molecule has 3 N–H and O–H groups in total. The number of rotatable bonds is 8. The van der Waals surface area contributed by atoms with Crippen LogP contribution in [-0.2, 0) is 16.0 Å². The molecule has 0 spiro atoms. The van der Waals surface area contributed by atoms with Crippen LogP contribution in [-0.4, -0.2) is 66.4 Å². The molecule has 2 aliphatic heterocycles. The van der Waals surface area contributed by atoms with Gasteiger partial charge in [-0.2, -0.15) is 0 Å². The third kappa shape index (κ3) is 5.12. The molecule has 1 aliphatic carbocycles. The third-order valence-electron chi connectivity index (χ3n) is 8.83. The number of nitrogens with two attached hydrogens (primary N) is 1. The highest BCUT2D eigenvalue weighted by atomic mass is 16.2. The minimum atomic E-state index is -1.02. The zero-order valence-corrected chi connectivity index (χ0v) is 20.5. The van der Waals surface area contributed by atoms with E-state index in [1.165, 1.54) is 12.0 Å². The van der Waals surface area contributed by atoms with Gasteiger partial charge in [0.25, 0.3) is 0 Å². The lowest BCUT2D eigenvalue weighted by molar-refractivity contribution is -0.148. The maximum absolute atomic E-state index is 14.2. The molecule has 4 unspecified atom stereocenters. The van der Waals surface area contributed by atoms with E-state index in [2.05, 4.69) is 45.4 Å². The fourth-order valence-corrected chi connectivity index (χ4v) is 6.61. The lowest BCUT2D eigenvalue weighted by Gasteiger charge is -2.44. The summed E-state index contributed by atoms with van der Waals surface area (Å²) in [6, 6.07) is 10.9. The highest BCUT2D eigenvalue weighted by Crippen LogP contribution is 2.40. The standard InChI is InChI=1S/C27H42N4O2/c1-27(29-2,26(28)33)24(22-11-7-4-8-12-22)25(32)31-18-15-21-14-17-30(19-23(21)31)16-13-20-9-5-3-6-10-20/h3,5-6,9-10,21-24,29H,4,7-8,11-19H2,1-2H3,(H2,28,33). The van der Waals surface area contributed by atoms with E-state index >= 15 is 0 Å². The first-order valence-electron chi connectivity index (χ1n) is 13.0. The number of fused-ring (bicyclic) bond motifs is 1. The smallest absolute Gasteiger partial charge is 0.238 e. The summed E-state index contributed by atoms with van der Waals surface area (Å²) in [5.41, 5.74) is 6.24. The zero-order chi connectivity index (χ0) is 23.4. The molecular formula is C27H42N4O2. The number of carbonyl (C=O) groups excluding carboxylic acids is 2. The summed E-state index contributed by atoms with van der Waals surface area (Å²) in [4.78, 5) is 31.4. The van der Waals surface area contributed by atoms with Crippen molar-refractivity contribution in [1.82, 2.24) is 15.1 Å². The van der Waals surface area contributed by atoms with Crippen molar-refractivity contribution in [3.63, 3.8) is 0 Å². The van der Waals surface area contributed by atoms with Crippen LogP contribution in [0.5, 0.6) is 0 Å². The lowest BCUT2D eigenvalue weighted by Crippen LogP contribution is -2.64. The zero-order valence-electron chi connectivity index (χ0n) is 20.5. The molecule has 3 fully saturated rings. The summed E-state index contributed by atoms with van der Waals surface area (Å²) >= 11 is 0. The van der Waals surface area contributed by atoms with E-state index in [4.69, 9.17) is 5.73 Å². The topological polar surface area (TPSA) is 78.7 Å². The molecular weight excluding hydrogens is 412 g/mol. The number of benzene rings is 1. The first kappa shape index (κ1) is 24.2. The summed E-state index contributed by atoms with van der Waals surface area (Å²) in [6.45, 7) is 5.72. The van der Waals surface area contributed by atoms with Crippen molar-refractivity contribution < 1.29 is 9.59 Å². The molecule has 2 heterocycles. The normalized spacial score (nSPS) is 27.0. The van der Waals surface area contributed by atoms with Crippen LogP contribution in [0.4, 0.5) is 0 Å². The van der Waals surface area contributed by atoms with Crippen molar-refractivity contribution in [3.05, 3.63) is 35.9 Å². The van der Waals surface area contributed by atoms with Crippen LogP contribution in [0.15, 0.2) is 30.3 Å². The van der Waals surface area contributed by atoms with Crippen molar-refractivity contribution >= 4 is 11.8 Å². The Hall–Kier alpha value is -1.92. The van der Waals surface area contributed by atoms with E-state index in [0.717, 1.165) is 71.1 Å². The van der Waals surface area contributed by atoms with Crippen LogP contribution in [0.25, 0.3) is 0 Å². The fourth-order valence-electron chi connectivity index (χ4n) is 6.61. The molecule has 0 aromatic heterocycles. The molecule has 6 heteroatoms. The molecule has 33 heavy (non-hydrogen) atoms. The van der Waals surface area contributed by atoms with Crippen LogP contribution in [0.2, 0.25) is 0 Å². The van der Waals surface area contributed by atoms with Gasteiger partial charge in [0.05, 0.1) is 5.92 Å². The Labute approximate surface area is 199 Å². The Morgan fingerprint density at radius 2 is 1.79 bits per heavy atom. The van der Waals surface area contributed by atoms with Gasteiger partial charge in [-0.05, 0) is 70.0 Å². The van der Waals surface area contributed by atoms with Gasteiger partial charge in [0.15, 0.2) is 0 Å². The second kappa shape index (κ2) is 10.6. The van der Waals surface area contributed by atoms with Gasteiger partial charge in [-0.3, -0.25) is 9.59 Å². The third-order valence-corrected chi connectivity index (χ3v) is 8.83. The largest absolute Gasteiger partial charge is 0.368 e. The fraction of sp³-hybridized carbons (Fsp3) is 0.704. The average Bonchev–Trinajstić information content (AvgIpc) is 3.27. The first-order valence-corrected chi connectivity index (χ1v) is 13.0. The molecule has 2 amide bonds. The number of primary amides is 1. The first-order chi connectivity index (χ1) is 15.9. The van der Waals surface area contributed by atoms with Crippen LogP contribution >= 0.6 is 0 Å². The van der Waals surface area contributed by atoms with Gasteiger partial charge in [0, 0.05) is 25.7 Å².